The molecule has 0 saturated heterocycles. The lowest BCUT2D eigenvalue weighted by molar-refractivity contribution is 0.0519. The van der Waals surface area contributed by atoms with Gasteiger partial charge in [0.2, 0.25) is 0 Å². The Kier molecular flexibility index (Phi) is 7.08. The fourth-order valence-corrected chi connectivity index (χ4v) is 6.75. The number of thiazole rings is 2. The van der Waals surface area contributed by atoms with Crippen molar-refractivity contribution >= 4 is 55.0 Å². The highest BCUT2D eigenvalue weighted by Crippen LogP contribution is 2.34. The number of hydrogen-bond acceptors (Lipinski definition) is 8. The Morgan fingerprint density at radius 1 is 0.974 bits per heavy atom. The fraction of sp³-hybridized carbons (Fsp3) is 0.200. The van der Waals surface area contributed by atoms with E-state index in [1.165, 1.54) is 22.7 Å². The van der Waals surface area contributed by atoms with E-state index < -0.39 is 5.97 Å². The molecular formula is C30H26N4O3S2. The summed E-state index contributed by atoms with van der Waals surface area (Å²) in [5.74, 6) is -0.580. The molecule has 0 atom stereocenters. The molecule has 3 heterocycles. The normalized spacial score (nSPS) is 12.8. The predicted molar refractivity (Wildman–Crippen MR) is 156 cm³/mol. The van der Waals surface area contributed by atoms with E-state index in [2.05, 4.69) is 21.3 Å². The zero-order chi connectivity index (χ0) is 26.8. The van der Waals surface area contributed by atoms with Crippen molar-refractivity contribution in [3.05, 3.63) is 106 Å². The molecule has 0 fully saturated rings. The zero-order valence-corrected chi connectivity index (χ0v) is 23.0. The van der Waals surface area contributed by atoms with Gasteiger partial charge in [-0.05, 0) is 48.2 Å². The lowest BCUT2D eigenvalue weighted by atomic mass is 9.94. The number of ether oxygens (including phenoxy) is 1. The number of carbonyl (C=O) groups excluding carboxylic acids is 2. The number of nitrogens with one attached hydrogen (secondary N) is 1. The van der Waals surface area contributed by atoms with Gasteiger partial charge in [-0.1, -0.05) is 65.9 Å². The molecule has 9 heteroatoms. The van der Waals surface area contributed by atoms with Gasteiger partial charge in [0.1, 0.15) is 0 Å². The summed E-state index contributed by atoms with van der Waals surface area (Å²) in [5, 5.41) is 4.34. The van der Waals surface area contributed by atoms with Crippen molar-refractivity contribution < 1.29 is 14.3 Å². The van der Waals surface area contributed by atoms with Crippen LogP contribution in [-0.2, 0) is 24.1 Å². The van der Waals surface area contributed by atoms with Crippen LogP contribution in [0.5, 0.6) is 0 Å². The van der Waals surface area contributed by atoms with Crippen molar-refractivity contribution in [2.24, 2.45) is 0 Å². The second-order valence-corrected chi connectivity index (χ2v) is 11.3. The Morgan fingerprint density at radius 3 is 2.62 bits per heavy atom. The summed E-state index contributed by atoms with van der Waals surface area (Å²) in [7, 11) is 0. The molecule has 1 amide bonds. The minimum absolute atomic E-state index is 0.177. The first-order valence-electron chi connectivity index (χ1n) is 12.8. The van der Waals surface area contributed by atoms with Gasteiger partial charge in [-0.15, -0.1) is 11.3 Å². The lowest BCUT2D eigenvalue weighted by Gasteiger charge is -2.29. The van der Waals surface area contributed by atoms with Crippen LogP contribution in [0.15, 0.2) is 72.8 Å². The first-order chi connectivity index (χ1) is 19.1. The van der Waals surface area contributed by atoms with Crippen LogP contribution in [0, 0.1) is 0 Å². The highest BCUT2D eigenvalue weighted by atomic mass is 32.1. The van der Waals surface area contributed by atoms with Crippen LogP contribution in [0.4, 0.5) is 10.3 Å². The van der Waals surface area contributed by atoms with Gasteiger partial charge in [-0.2, -0.15) is 0 Å². The summed E-state index contributed by atoms with van der Waals surface area (Å²) in [6.45, 7) is 3.36. The third-order valence-corrected chi connectivity index (χ3v) is 8.73. The number of fused-ring (bicyclic) bond motifs is 2. The van der Waals surface area contributed by atoms with Crippen LogP contribution in [0.25, 0.3) is 10.2 Å². The van der Waals surface area contributed by atoms with Gasteiger partial charge in [0.05, 0.1) is 16.8 Å². The molecule has 1 aliphatic rings. The van der Waals surface area contributed by atoms with Crippen molar-refractivity contribution in [1.82, 2.24) is 9.97 Å². The molecule has 6 rings (SSSR count). The van der Waals surface area contributed by atoms with E-state index in [4.69, 9.17) is 9.72 Å². The Bertz CT molecular complexity index is 1630. The van der Waals surface area contributed by atoms with E-state index in [1.54, 1.807) is 6.92 Å². The molecule has 5 aromatic rings. The number of nitrogens with zero attached hydrogens (tertiary/aromatic N) is 3. The number of anilines is 2. The number of benzene rings is 3. The second kappa shape index (κ2) is 11.0. The van der Waals surface area contributed by atoms with Gasteiger partial charge in [-0.25, -0.2) is 14.8 Å². The predicted octanol–water partition coefficient (Wildman–Crippen LogP) is 6.34. The summed E-state index contributed by atoms with van der Waals surface area (Å²) in [5.41, 5.74) is 5.09. The number of aromatic nitrogens is 2. The summed E-state index contributed by atoms with van der Waals surface area (Å²) in [6, 6.07) is 23.7. The maximum atomic E-state index is 13.4. The molecule has 196 valence electrons. The van der Waals surface area contributed by atoms with Gasteiger partial charge in [0.25, 0.3) is 5.91 Å². The summed E-state index contributed by atoms with van der Waals surface area (Å²) in [6.07, 6.45) is 1.38. The van der Waals surface area contributed by atoms with Gasteiger partial charge in [-0.3, -0.25) is 10.1 Å². The lowest BCUT2D eigenvalue weighted by Crippen LogP contribution is -2.32. The topological polar surface area (TPSA) is 84.4 Å². The van der Waals surface area contributed by atoms with Crippen molar-refractivity contribution in [2.45, 2.75) is 26.3 Å². The van der Waals surface area contributed by atoms with Crippen LogP contribution in [0.3, 0.4) is 0 Å². The monoisotopic (exact) mass is 554 g/mol. The van der Waals surface area contributed by atoms with Crippen LogP contribution in [0.2, 0.25) is 0 Å². The maximum absolute atomic E-state index is 13.4. The van der Waals surface area contributed by atoms with E-state index in [0.717, 1.165) is 49.9 Å². The second-order valence-electron chi connectivity index (χ2n) is 9.21. The minimum Gasteiger partial charge on any atom is -0.461 e. The maximum Gasteiger partial charge on any atom is 0.358 e. The third-order valence-electron chi connectivity index (χ3n) is 6.66. The number of esters is 1. The Balaban J connectivity index is 1.27. The molecule has 1 aliphatic heterocycles. The Morgan fingerprint density at radius 2 is 1.79 bits per heavy atom. The zero-order valence-electron chi connectivity index (χ0n) is 21.3. The molecular weight excluding hydrogens is 528 g/mol. The highest BCUT2D eigenvalue weighted by molar-refractivity contribution is 7.22. The van der Waals surface area contributed by atoms with Crippen molar-refractivity contribution in [1.29, 1.82) is 0 Å². The van der Waals surface area contributed by atoms with E-state index >= 15 is 0 Å². The Hall–Kier alpha value is -4.08. The summed E-state index contributed by atoms with van der Waals surface area (Å²) in [4.78, 5) is 38.5. The molecule has 0 radical (unpaired) electrons. The number of hydrogen-bond donors (Lipinski definition) is 1. The average Bonchev–Trinajstić information content (AvgIpc) is 3.57. The van der Waals surface area contributed by atoms with E-state index in [0.29, 0.717) is 36.0 Å². The smallest absolute Gasteiger partial charge is 0.358 e. The third kappa shape index (κ3) is 5.28. The SMILES string of the molecule is CCOC(=O)c1nc(N2CCc3cccc(C(=O)Nc4nc5ccccc5s4)c3C2)sc1Cc1ccccc1. The molecule has 2 aromatic heterocycles. The highest BCUT2D eigenvalue weighted by Gasteiger charge is 2.27. The van der Waals surface area contributed by atoms with Gasteiger partial charge in [0, 0.05) is 30.0 Å². The first kappa shape index (κ1) is 25.2. The van der Waals surface area contributed by atoms with Crippen molar-refractivity contribution in [3.8, 4) is 0 Å². The molecule has 1 N–H and O–H groups in total. The standard InChI is InChI=1S/C30H26N4O3S2/c1-2-37-28(36)26-25(17-19-9-4-3-5-10-19)39-30(32-26)34-16-15-20-11-8-12-21(22(20)18-34)27(35)33-29-31-23-13-6-7-14-24(23)38-29/h3-14H,2,15-18H2,1H3,(H,31,33,35). The van der Waals surface area contributed by atoms with Crippen LogP contribution in [-0.4, -0.2) is 35.0 Å². The number of amides is 1. The largest absolute Gasteiger partial charge is 0.461 e. The van der Waals surface area contributed by atoms with Crippen molar-refractivity contribution in [2.75, 3.05) is 23.4 Å². The molecule has 7 nitrogen and oxygen atoms in total. The molecule has 0 saturated carbocycles. The van der Waals surface area contributed by atoms with Gasteiger partial charge >= 0.3 is 5.97 Å². The van der Waals surface area contributed by atoms with Gasteiger partial charge in [0.15, 0.2) is 16.0 Å². The quantitative estimate of drug-likeness (QED) is 0.237. The molecule has 0 spiro atoms. The minimum atomic E-state index is -0.403. The van der Waals surface area contributed by atoms with E-state index in [9.17, 15) is 9.59 Å². The van der Waals surface area contributed by atoms with E-state index in [-0.39, 0.29) is 5.91 Å². The fourth-order valence-electron chi connectivity index (χ4n) is 4.78. The van der Waals surface area contributed by atoms with E-state index in [1.807, 2.05) is 66.7 Å². The summed E-state index contributed by atoms with van der Waals surface area (Å²) >= 11 is 2.98. The summed E-state index contributed by atoms with van der Waals surface area (Å²) < 4.78 is 6.35. The molecule has 3 aromatic carbocycles. The number of carbonyl (C=O) groups is 2. The average molecular weight is 555 g/mol. The molecule has 0 aliphatic carbocycles. The van der Waals surface area contributed by atoms with Crippen molar-refractivity contribution in [3.63, 3.8) is 0 Å². The van der Waals surface area contributed by atoms with Crippen LogP contribution < -0.4 is 10.2 Å². The van der Waals surface area contributed by atoms with Crippen LogP contribution in [0.1, 0.15) is 49.3 Å². The van der Waals surface area contributed by atoms with Crippen LogP contribution >= 0.6 is 22.7 Å². The molecule has 0 bridgehead atoms. The molecule has 0 unspecified atom stereocenters. The molecule has 39 heavy (non-hydrogen) atoms. The number of rotatable bonds is 7. The van der Waals surface area contributed by atoms with Gasteiger partial charge < -0.3 is 9.64 Å². The first-order valence-corrected chi connectivity index (χ1v) is 14.5. The number of para-hydroxylation sites is 1. The Labute approximate surface area is 234 Å².